The van der Waals surface area contributed by atoms with Crippen molar-refractivity contribution in [1.82, 2.24) is 4.90 Å². The van der Waals surface area contributed by atoms with Crippen LogP contribution in [0.25, 0.3) is 0 Å². The van der Waals surface area contributed by atoms with Crippen LogP contribution in [0.4, 0.5) is 0 Å². The third kappa shape index (κ3) is 1.73. The molecule has 2 rings (SSSR count). The van der Waals surface area contributed by atoms with Gasteiger partial charge in [-0.25, -0.2) is 0 Å². The van der Waals surface area contributed by atoms with Crippen LogP contribution in [-0.2, 0) is 0 Å². The van der Waals surface area contributed by atoms with Gasteiger partial charge in [0.1, 0.15) is 0 Å². The number of aliphatic hydroxyl groups excluding tert-OH is 2. The lowest BCUT2D eigenvalue weighted by Gasteiger charge is -2.31. The van der Waals surface area contributed by atoms with E-state index >= 15 is 0 Å². The lowest BCUT2D eigenvalue weighted by atomic mass is 10.1. The second kappa shape index (κ2) is 3.95. The zero-order valence-corrected chi connectivity index (χ0v) is 8.02. The Morgan fingerprint density at radius 3 is 2.62 bits per heavy atom. The summed E-state index contributed by atoms with van der Waals surface area (Å²) in [6.07, 6.45) is 5.32. The SMILES string of the molecule is OC[C@H]1CCCN1C1CCCC1O. The fraction of sp³-hybridized carbons (Fsp3) is 1.00. The van der Waals surface area contributed by atoms with Gasteiger partial charge in [0.05, 0.1) is 12.7 Å². The Labute approximate surface area is 79.4 Å². The van der Waals surface area contributed by atoms with Crippen LogP contribution < -0.4 is 0 Å². The summed E-state index contributed by atoms with van der Waals surface area (Å²) in [6.45, 7) is 1.32. The Hall–Kier alpha value is -0.120. The van der Waals surface area contributed by atoms with Crippen LogP contribution in [-0.4, -0.2) is 46.5 Å². The molecule has 76 valence electrons. The van der Waals surface area contributed by atoms with Crippen molar-refractivity contribution in [3.63, 3.8) is 0 Å². The maximum Gasteiger partial charge on any atom is 0.0695 e. The van der Waals surface area contributed by atoms with Crippen molar-refractivity contribution in [1.29, 1.82) is 0 Å². The molecule has 0 amide bonds. The average Bonchev–Trinajstić information content (AvgIpc) is 2.71. The van der Waals surface area contributed by atoms with E-state index in [1.165, 1.54) is 6.42 Å². The molecule has 13 heavy (non-hydrogen) atoms. The Balaban J connectivity index is 1.98. The number of rotatable bonds is 2. The third-order valence-corrected chi connectivity index (χ3v) is 3.50. The predicted octanol–water partition coefficient (Wildman–Crippen LogP) is 0.356. The van der Waals surface area contributed by atoms with E-state index in [0.29, 0.717) is 12.1 Å². The molecule has 0 aromatic carbocycles. The van der Waals surface area contributed by atoms with E-state index in [4.69, 9.17) is 5.11 Å². The average molecular weight is 185 g/mol. The molecule has 0 spiro atoms. The molecule has 0 bridgehead atoms. The van der Waals surface area contributed by atoms with Gasteiger partial charge >= 0.3 is 0 Å². The normalized spacial score (nSPS) is 41.5. The second-order valence-electron chi connectivity index (χ2n) is 4.28. The van der Waals surface area contributed by atoms with Gasteiger partial charge in [-0.3, -0.25) is 4.90 Å². The summed E-state index contributed by atoms with van der Waals surface area (Å²) in [5.41, 5.74) is 0. The summed E-state index contributed by atoms with van der Waals surface area (Å²) in [6, 6.07) is 0.650. The summed E-state index contributed by atoms with van der Waals surface area (Å²) in [5.74, 6) is 0. The molecule has 0 aromatic heterocycles. The topological polar surface area (TPSA) is 43.7 Å². The lowest BCUT2D eigenvalue weighted by Crippen LogP contribution is -2.44. The van der Waals surface area contributed by atoms with Crippen LogP contribution >= 0.6 is 0 Å². The maximum absolute atomic E-state index is 9.74. The molecule has 2 unspecified atom stereocenters. The Bertz CT molecular complexity index is 174. The van der Waals surface area contributed by atoms with E-state index in [1.807, 2.05) is 0 Å². The highest BCUT2D eigenvalue weighted by atomic mass is 16.3. The zero-order chi connectivity index (χ0) is 9.26. The quantitative estimate of drug-likeness (QED) is 0.652. The van der Waals surface area contributed by atoms with Gasteiger partial charge in [0, 0.05) is 12.1 Å². The van der Waals surface area contributed by atoms with Crippen molar-refractivity contribution in [2.75, 3.05) is 13.2 Å². The molecule has 1 saturated heterocycles. The van der Waals surface area contributed by atoms with Crippen molar-refractivity contribution >= 4 is 0 Å². The first-order valence-corrected chi connectivity index (χ1v) is 5.37. The summed E-state index contributed by atoms with van der Waals surface area (Å²) < 4.78 is 0. The van der Waals surface area contributed by atoms with Crippen LogP contribution in [0.1, 0.15) is 32.1 Å². The standard InChI is InChI=1S/C10H19NO2/c12-7-8-3-2-6-11(8)9-4-1-5-10(9)13/h8-10,12-13H,1-7H2/t8-,9?,10?/m1/s1. The molecule has 2 aliphatic rings. The highest BCUT2D eigenvalue weighted by Crippen LogP contribution is 2.30. The van der Waals surface area contributed by atoms with Crippen molar-refractivity contribution in [2.45, 2.75) is 50.3 Å². The molecule has 0 aromatic rings. The van der Waals surface area contributed by atoms with E-state index in [1.54, 1.807) is 0 Å². The minimum Gasteiger partial charge on any atom is -0.395 e. The van der Waals surface area contributed by atoms with Gasteiger partial charge in [-0.05, 0) is 38.6 Å². The first-order chi connectivity index (χ1) is 6.33. The first kappa shape index (κ1) is 9.44. The smallest absolute Gasteiger partial charge is 0.0695 e. The Morgan fingerprint density at radius 2 is 2.00 bits per heavy atom. The molecular weight excluding hydrogens is 166 g/mol. The van der Waals surface area contributed by atoms with Crippen LogP contribution in [0, 0.1) is 0 Å². The Morgan fingerprint density at radius 1 is 1.15 bits per heavy atom. The maximum atomic E-state index is 9.74. The van der Waals surface area contributed by atoms with Crippen molar-refractivity contribution in [2.24, 2.45) is 0 Å². The van der Waals surface area contributed by atoms with E-state index in [-0.39, 0.29) is 12.7 Å². The van der Waals surface area contributed by atoms with Gasteiger partial charge in [0.15, 0.2) is 0 Å². The molecule has 3 atom stereocenters. The number of hydrogen-bond acceptors (Lipinski definition) is 3. The fourth-order valence-electron chi connectivity index (χ4n) is 2.80. The summed E-state index contributed by atoms with van der Waals surface area (Å²) in [7, 11) is 0. The van der Waals surface area contributed by atoms with Crippen molar-refractivity contribution in [3.8, 4) is 0 Å². The number of aliphatic hydroxyl groups is 2. The zero-order valence-electron chi connectivity index (χ0n) is 8.02. The molecule has 2 fully saturated rings. The summed E-state index contributed by atoms with van der Waals surface area (Å²) in [4.78, 5) is 2.32. The first-order valence-electron chi connectivity index (χ1n) is 5.37. The van der Waals surface area contributed by atoms with Crippen molar-refractivity contribution in [3.05, 3.63) is 0 Å². The largest absolute Gasteiger partial charge is 0.395 e. The highest BCUT2D eigenvalue weighted by Gasteiger charge is 2.36. The summed E-state index contributed by atoms with van der Waals surface area (Å²) >= 11 is 0. The second-order valence-corrected chi connectivity index (χ2v) is 4.28. The number of hydrogen-bond donors (Lipinski definition) is 2. The minimum atomic E-state index is -0.146. The molecule has 1 saturated carbocycles. The lowest BCUT2D eigenvalue weighted by molar-refractivity contribution is 0.0456. The molecule has 3 heteroatoms. The molecule has 1 aliphatic carbocycles. The number of nitrogens with zero attached hydrogens (tertiary/aromatic N) is 1. The van der Waals surface area contributed by atoms with Crippen molar-refractivity contribution < 1.29 is 10.2 Å². The molecule has 2 N–H and O–H groups in total. The van der Waals surface area contributed by atoms with Gasteiger partial charge < -0.3 is 10.2 Å². The summed E-state index contributed by atoms with van der Waals surface area (Å²) in [5, 5.41) is 18.9. The van der Waals surface area contributed by atoms with Gasteiger partial charge in [-0.2, -0.15) is 0 Å². The van der Waals surface area contributed by atoms with Gasteiger partial charge in [-0.15, -0.1) is 0 Å². The molecular formula is C10H19NO2. The monoisotopic (exact) mass is 185 g/mol. The molecule has 1 aliphatic heterocycles. The Kier molecular flexibility index (Phi) is 2.86. The van der Waals surface area contributed by atoms with E-state index in [9.17, 15) is 5.11 Å². The van der Waals surface area contributed by atoms with E-state index in [0.717, 1.165) is 32.2 Å². The van der Waals surface area contributed by atoms with Gasteiger partial charge in [-0.1, -0.05) is 0 Å². The minimum absolute atomic E-state index is 0.146. The molecule has 1 heterocycles. The van der Waals surface area contributed by atoms with Crippen LogP contribution in [0.5, 0.6) is 0 Å². The fourth-order valence-corrected chi connectivity index (χ4v) is 2.80. The van der Waals surface area contributed by atoms with Gasteiger partial charge in [0.25, 0.3) is 0 Å². The van der Waals surface area contributed by atoms with Gasteiger partial charge in [0.2, 0.25) is 0 Å². The predicted molar refractivity (Wildman–Crippen MR) is 50.5 cm³/mol. The van der Waals surface area contributed by atoms with Crippen LogP contribution in [0.2, 0.25) is 0 Å². The van der Waals surface area contributed by atoms with E-state index in [2.05, 4.69) is 4.90 Å². The highest BCUT2D eigenvalue weighted by molar-refractivity contribution is 4.91. The van der Waals surface area contributed by atoms with E-state index < -0.39 is 0 Å². The third-order valence-electron chi connectivity index (χ3n) is 3.50. The van der Waals surface area contributed by atoms with Crippen LogP contribution in [0.15, 0.2) is 0 Å². The number of likely N-dealkylation sites (tertiary alicyclic amines) is 1. The van der Waals surface area contributed by atoms with Crippen LogP contribution in [0.3, 0.4) is 0 Å². The molecule has 0 radical (unpaired) electrons. The molecule has 3 nitrogen and oxygen atoms in total.